The maximum absolute atomic E-state index is 12.0. The van der Waals surface area contributed by atoms with Gasteiger partial charge in [-0.1, -0.05) is 6.07 Å². The molecular weight excluding hydrogens is 302 g/mol. The normalized spacial score (nSPS) is 42.5. The average molecular weight is 327 g/mol. The summed E-state index contributed by atoms with van der Waals surface area (Å²) >= 11 is 0. The minimum Gasteiger partial charge on any atom is -0.504 e. The second-order valence-electron chi connectivity index (χ2n) is 8.75. The van der Waals surface area contributed by atoms with E-state index >= 15 is 0 Å². The number of nitrogens with zero attached hydrogens (tertiary/aromatic N) is 1. The minimum absolute atomic E-state index is 0.0316. The summed E-state index contributed by atoms with van der Waals surface area (Å²) in [4.78, 5) is 2.58. The Morgan fingerprint density at radius 2 is 2.08 bits per heavy atom. The molecule has 3 fully saturated rings. The number of hydrogen-bond acceptors (Lipinski definition) is 4. The van der Waals surface area contributed by atoms with Crippen molar-refractivity contribution in [3.05, 3.63) is 23.3 Å². The van der Waals surface area contributed by atoms with E-state index in [4.69, 9.17) is 4.74 Å². The summed E-state index contributed by atoms with van der Waals surface area (Å²) in [6.45, 7) is 2.20. The molecule has 3 aliphatic carbocycles. The molecular formula is C20H25NO3. The highest BCUT2D eigenvalue weighted by atomic mass is 16.5. The molecule has 2 unspecified atom stereocenters. The van der Waals surface area contributed by atoms with Gasteiger partial charge in [-0.25, -0.2) is 0 Å². The first-order valence-corrected chi connectivity index (χ1v) is 9.62. The maximum atomic E-state index is 12.0. The van der Waals surface area contributed by atoms with E-state index in [0.717, 1.165) is 56.7 Å². The highest BCUT2D eigenvalue weighted by Gasteiger charge is 2.71. The van der Waals surface area contributed by atoms with Gasteiger partial charge in [0, 0.05) is 18.2 Å². The molecule has 2 saturated carbocycles. The van der Waals surface area contributed by atoms with Gasteiger partial charge in [0.1, 0.15) is 6.10 Å². The van der Waals surface area contributed by atoms with Crippen molar-refractivity contribution in [3.63, 3.8) is 0 Å². The highest BCUT2D eigenvalue weighted by Crippen LogP contribution is 2.65. The summed E-state index contributed by atoms with van der Waals surface area (Å²) in [5.41, 5.74) is 1.45. The van der Waals surface area contributed by atoms with Crippen molar-refractivity contribution in [1.29, 1.82) is 0 Å². The molecule has 1 saturated heterocycles. The van der Waals surface area contributed by atoms with E-state index in [2.05, 4.69) is 11.0 Å². The van der Waals surface area contributed by atoms with Gasteiger partial charge in [-0.15, -0.1) is 0 Å². The summed E-state index contributed by atoms with van der Waals surface area (Å²) in [6, 6.07) is 4.07. The van der Waals surface area contributed by atoms with E-state index in [1.54, 1.807) is 6.07 Å². The third-order valence-corrected chi connectivity index (χ3v) is 7.66. The van der Waals surface area contributed by atoms with Crippen LogP contribution >= 0.6 is 0 Å². The lowest BCUT2D eigenvalue weighted by atomic mass is 9.49. The molecule has 4 heteroatoms. The van der Waals surface area contributed by atoms with Crippen molar-refractivity contribution in [2.45, 2.75) is 68.1 Å². The Morgan fingerprint density at radius 1 is 1.21 bits per heavy atom. The van der Waals surface area contributed by atoms with Gasteiger partial charge in [-0.3, -0.25) is 4.90 Å². The molecule has 1 aromatic carbocycles. The molecule has 0 radical (unpaired) electrons. The van der Waals surface area contributed by atoms with E-state index in [9.17, 15) is 10.2 Å². The van der Waals surface area contributed by atoms with Gasteiger partial charge in [-0.2, -0.15) is 0 Å². The van der Waals surface area contributed by atoms with Crippen LogP contribution in [0, 0.1) is 5.92 Å². The fourth-order valence-corrected chi connectivity index (χ4v) is 6.48. The van der Waals surface area contributed by atoms with E-state index in [1.807, 2.05) is 0 Å². The quantitative estimate of drug-likeness (QED) is 0.875. The molecule has 2 heterocycles. The molecule has 2 bridgehead atoms. The van der Waals surface area contributed by atoms with E-state index < -0.39 is 5.60 Å². The van der Waals surface area contributed by atoms with Crippen LogP contribution in [0.2, 0.25) is 0 Å². The third-order valence-electron chi connectivity index (χ3n) is 7.66. The number of benzene rings is 1. The monoisotopic (exact) mass is 327 g/mol. The second kappa shape index (κ2) is 4.28. The van der Waals surface area contributed by atoms with Gasteiger partial charge >= 0.3 is 0 Å². The van der Waals surface area contributed by atoms with Crippen molar-refractivity contribution in [2.75, 3.05) is 13.1 Å². The fourth-order valence-electron chi connectivity index (χ4n) is 6.48. The Balaban J connectivity index is 1.56. The Labute approximate surface area is 142 Å². The third kappa shape index (κ3) is 1.45. The van der Waals surface area contributed by atoms with Gasteiger partial charge in [0.15, 0.2) is 11.5 Å². The molecule has 6 rings (SSSR count). The minimum atomic E-state index is -0.699. The molecule has 2 N–H and O–H groups in total. The summed E-state index contributed by atoms with van der Waals surface area (Å²) in [7, 11) is 0. The number of rotatable bonds is 2. The van der Waals surface area contributed by atoms with E-state index in [1.165, 1.54) is 18.4 Å². The Kier molecular flexibility index (Phi) is 2.49. The standard InChI is InChI=1S/C20H25NO3/c22-14-6-5-13-10-15-20(23)7-1-2-16-19(20,17(13)18(14)24-16)8-9-21(15)11-12-3-4-12/h5-6,12,15-16,22-23H,1-4,7-11H2/t15?,16-,19+,20?/m0/s1. The predicted octanol–water partition coefficient (Wildman–Crippen LogP) is 2.35. The number of phenols is 1. The summed E-state index contributed by atoms with van der Waals surface area (Å²) in [5, 5.41) is 22.4. The van der Waals surface area contributed by atoms with Crippen LogP contribution in [-0.4, -0.2) is 45.9 Å². The molecule has 1 aromatic rings. The van der Waals surface area contributed by atoms with Crippen LogP contribution in [0.4, 0.5) is 0 Å². The van der Waals surface area contributed by atoms with Crippen molar-refractivity contribution in [2.24, 2.45) is 5.92 Å². The molecule has 128 valence electrons. The molecule has 0 aromatic heterocycles. The number of phenolic OH excluding ortho intramolecular Hbond substituents is 1. The van der Waals surface area contributed by atoms with Crippen molar-refractivity contribution >= 4 is 0 Å². The van der Waals surface area contributed by atoms with Crippen LogP contribution in [0.15, 0.2) is 12.1 Å². The lowest BCUT2D eigenvalue weighted by Gasteiger charge is -2.63. The molecule has 5 aliphatic rings. The first-order valence-electron chi connectivity index (χ1n) is 9.62. The second-order valence-corrected chi connectivity index (χ2v) is 8.75. The van der Waals surface area contributed by atoms with Crippen molar-refractivity contribution in [1.82, 2.24) is 4.90 Å². The van der Waals surface area contributed by atoms with Crippen LogP contribution in [0.3, 0.4) is 0 Å². The summed E-state index contributed by atoms with van der Waals surface area (Å²) in [6.07, 6.45) is 7.47. The average Bonchev–Trinajstić information content (AvgIpc) is 3.30. The summed E-state index contributed by atoms with van der Waals surface area (Å²) < 4.78 is 6.27. The summed E-state index contributed by atoms with van der Waals surface area (Å²) in [5.74, 6) is 1.77. The molecule has 4 nitrogen and oxygen atoms in total. The van der Waals surface area contributed by atoms with Gasteiger partial charge in [0.2, 0.25) is 0 Å². The Bertz CT molecular complexity index is 730. The zero-order chi connectivity index (χ0) is 16.1. The van der Waals surface area contributed by atoms with Crippen molar-refractivity contribution in [3.8, 4) is 11.5 Å². The van der Waals surface area contributed by atoms with Crippen LogP contribution in [-0.2, 0) is 11.8 Å². The van der Waals surface area contributed by atoms with Gasteiger partial charge in [0.05, 0.1) is 11.0 Å². The number of piperidine rings is 1. The van der Waals surface area contributed by atoms with E-state index in [-0.39, 0.29) is 23.3 Å². The molecule has 24 heavy (non-hydrogen) atoms. The number of aliphatic hydroxyl groups is 1. The largest absolute Gasteiger partial charge is 0.504 e. The topological polar surface area (TPSA) is 52.9 Å². The first-order chi connectivity index (χ1) is 11.6. The fraction of sp³-hybridized carbons (Fsp3) is 0.700. The molecule has 0 amide bonds. The number of hydrogen-bond donors (Lipinski definition) is 2. The van der Waals surface area contributed by atoms with Crippen molar-refractivity contribution < 1.29 is 14.9 Å². The van der Waals surface area contributed by atoms with Crippen LogP contribution in [0.5, 0.6) is 11.5 Å². The zero-order valence-corrected chi connectivity index (χ0v) is 14.0. The van der Waals surface area contributed by atoms with Crippen LogP contribution < -0.4 is 4.74 Å². The number of likely N-dealkylation sites (tertiary alicyclic amines) is 1. The molecule has 2 aliphatic heterocycles. The number of aromatic hydroxyl groups is 1. The lowest BCUT2D eigenvalue weighted by Crippen LogP contribution is -2.75. The molecule has 1 spiro atoms. The van der Waals surface area contributed by atoms with Crippen LogP contribution in [0.25, 0.3) is 0 Å². The SMILES string of the molecule is Oc1ccc2c3c1O[C@H]1CCCC4(O)C(C2)N(CC2CC2)CC[C@]314. The molecule has 4 atom stereocenters. The number of ether oxygens (including phenoxy) is 1. The van der Waals surface area contributed by atoms with Crippen LogP contribution in [0.1, 0.15) is 49.7 Å². The lowest BCUT2D eigenvalue weighted by molar-refractivity contribution is -0.185. The Hall–Kier alpha value is -1.26. The predicted molar refractivity (Wildman–Crippen MR) is 89.4 cm³/mol. The smallest absolute Gasteiger partial charge is 0.165 e. The maximum Gasteiger partial charge on any atom is 0.165 e. The Morgan fingerprint density at radius 3 is 2.92 bits per heavy atom. The zero-order valence-electron chi connectivity index (χ0n) is 14.0. The highest BCUT2D eigenvalue weighted by molar-refractivity contribution is 5.62. The van der Waals surface area contributed by atoms with Gasteiger partial charge < -0.3 is 14.9 Å². The van der Waals surface area contributed by atoms with E-state index in [0.29, 0.717) is 5.75 Å². The first kappa shape index (κ1) is 14.0. The van der Waals surface area contributed by atoms with Gasteiger partial charge in [-0.05, 0) is 69.0 Å². The van der Waals surface area contributed by atoms with Gasteiger partial charge in [0.25, 0.3) is 0 Å².